The molecule has 0 aromatic carbocycles. The maximum absolute atomic E-state index is 5.62. The van der Waals surface area contributed by atoms with Gasteiger partial charge in [-0.2, -0.15) is 0 Å². The number of ether oxygens (including phenoxy) is 1. The molecule has 98 valence electrons. The molecule has 3 rings (SSSR count). The zero-order chi connectivity index (χ0) is 11.8. The fourth-order valence-corrected chi connectivity index (χ4v) is 4.48. The van der Waals surface area contributed by atoms with E-state index in [4.69, 9.17) is 4.74 Å². The van der Waals surface area contributed by atoms with Crippen LogP contribution in [-0.2, 0) is 4.74 Å². The minimum Gasteiger partial charge on any atom is -0.378 e. The van der Waals surface area contributed by atoms with Crippen LogP contribution in [0.4, 0.5) is 0 Å². The molecule has 0 spiro atoms. The van der Waals surface area contributed by atoms with E-state index in [0.29, 0.717) is 6.10 Å². The fraction of sp³-hybridized carbons (Fsp3) is 1.00. The summed E-state index contributed by atoms with van der Waals surface area (Å²) in [6, 6.07) is 1.47. The van der Waals surface area contributed by atoms with E-state index in [1.54, 1.807) is 0 Å². The Bertz CT molecular complexity index is 262. The third-order valence-electron chi connectivity index (χ3n) is 5.43. The van der Waals surface area contributed by atoms with Crippen LogP contribution >= 0.6 is 0 Å². The molecule has 2 nitrogen and oxygen atoms in total. The molecule has 0 aromatic heterocycles. The molecule has 2 heteroatoms. The van der Waals surface area contributed by atoms with Gasteiger partial charge in [0.25, 0.3) is 0 Å². The smallest absolute Gasteiger partial charge is 0.0604 e. The van der Waals surface area contributed by atoms with E-state index < -0.39 is 0 Å². The number of hydrogen-bond acceptors (Lipinski definition) is 2. The third kappa shape index (κ3) is 2.39. The monoisotopic (exact) mass is 237 g/mol. The Morgan fingerprint density at radius 2 is 2.00 bits per heavy atom. The second kappa shape index (κ2) is 4.89. The average Bonchev–Trinajstić information content (AvgIpc) is 2.87. The molecule has 3 aliphatic carbocycles. The van der Waals surface area contributed by atoms with Crippen molar-refractivity contribution in [3.8, 4) is 0 Å². The summed E-state index contributed by atoms with van der Waals surface area (Å²) in [6.45, 7) is 5.39. The predicted molar refractivity (Wildman–Crippen MR) is 70.0 cm³/mol. The van der Waals surface area contributed by atoms with Crippen LogP contribution in [0.15, 0.2) is 0 Å². The van der Waals surface area contributed by atoms with Gasteiger partial charge in [0.2, 0.25) is 0 Å². The second-order valence-electron chi connectivity index (χ2n) is 6.54. The van der Waals surface area contributed by atoms with Gasteiger partial charge in [0.05, 0.1) is 6.10 Å². The summed E-state index contributed by atoms with van der Waals surface area (Å²) in [7, 11) is 0. The van der Waals surface area contributed by atoms with Gasteiger partial charge in [-0.05, 0) is 63.7 Å². The lowest BCUT2D eigenvalue weighted by Gasteiger charge is -2.40. The summed E-state index contributed by atoms with van der Waals surface area (Å²) in [5.74, 6) is 3.09. The Kier molecular flexibility index (Phi) is 3.45. The maximum Gasteiger partial charge on any atom is 0.0604 e. The lowest BCUT2D eigenvalue weighted by Crippen LogP contribution is -2.51. The first-order valence-electron chi connectivity index (χ1n) is 7.64. The summed E-state index contributed by atoms with van der Waals surface area (Å²) in [5.41, 5.74) is 0. The van der Waals surface area contributed by atoms with Crippen molar-refractivity contribution in [2.75, 3.05) is 6.61 Å². The Hall–Kier alpha value is -0.0800. The Balaban J connectivity index is 1.41. The maximum atomic E-state index is 5.62. The average molecular weight is 237 g/mol. The summed E-state index contributed by atoms with van der Waals surface area (Å²) in [5, 5.41) is 3.85. The molecule has 0 amide bonds. The van der Waals surface area contributed by atoms with Gasteiger partial charge < -0.3 is 10.1 Å². The van der Waals surface area contributed by atoms with Crippen LogP contribution in [0, 0.1) is 17.8 Å². The lowest BCUT2D eigenvalue weighted by molar-refractivity contribution is -0.0144. The van der Waals surface area contributed by atoms with E-state index in [1.165, 1.54) is 38.5 Å². The third-order valence-corrected chi connectivity index (χ3v) is 5.43. The zero-order valence-corrected chi connectivity index (χ0v) is 11.3. The van der Waals surface area contributed by atoms with Gasteiger partial charge in [-0.25, -0.2) is 0 Å². The standard InChI is InChI=1S/C15H27NO/c1-3-17-14-8-13(9-14)16-10(2)15-7-11-4-5-12(15)6-11/h10-16H,3-9H2,1-2H3. The minimum atomic E-state index is 0.546. The van der Waals surface area contributed by atoms with Gasteiger partial charge in [0, 0.05) is 18.7 Å². The highest BCUT2D eigenvalue weighted by molar-refractivity contribution is 4.96. The van der Waals surface area contributed by atoms with Crippen LogP contribution < -0.4 is 5.32 Å². The van der Waals surface area contributed by atoms with Crippen LogP contribution in [0.3, 0.4) is 0 Å². The quantitative estimate of drug-likeness (QED) is 0.794. The highest BCUT2D eigenvalue weighted by Crippen LogP contribution is 2.49. The number of nitrogens with one attached hydrogen (secondary N) is 1. The zero-order valence-electron chi connectivity index (χ0n) is 11.3. The molecule has 17 heavy (non-hydrogen) atoms. The van der Waals surface area contributed by atoms with E-state index in [1.807, 2.05) is 0 Å². The van der Waals surface area contributed by atoms with Crippen molar-refractivity contribution in [1.29, 1.82) is 0 Å². The van der Waals surface area contributed by atoms with Crippen LogP contribution in [0.2, 0.25) is 0 Å². The number of rotatable bonds is 5. The molecule has 4 atom stereocenters. The number of fused-ring (bicyclic) bond motifs is 2. The van der Waals surface area contributed by atoms with E-state index >= 15 is 0 Å². The molecule has 1 N–H and O–H groups in total. The van der Waals surface area contributed by atoms with Crippen LogP contribution in [0.25, 0.3) is 0 Å². The lowest BCUT2D eigenvalue weighted by atomic mass is 9.82. The molecule has 0 saturated heterocycles. The van der Waals surface area contributed by atoms with Crippen LogP contribution in [-0.4, -0.2) is 24.8 Å². The van der Waals surface area contributed by atoms with Crippen molar-refractivity contribution >= 4 is 0 Å². The molecule has 0 aliphatic heterocycles. The predicted octanol–water partition coefficient (Wildman–Crippen LogP) is 2.97. The highest BCUT2D eigenvalue weighted by Gasteiger charge is 2.42. The molecule has 3 saturated carbocycles. The van der Waals surface area contributed by atoms with E-state index in [9.17, 15) is 0 Å². The molecule has 0 heterocycles. The Morgan fingerprint density at radius 1 is 1.18 bits per heavy atom. The fourth-order valence-electron chi connectivity index (χ4n) is 4.48. The van der Waals surface area contributed by atoms with Crippen LogP contribution in [0.1, 0.15) is 52.4 Å². The van der Waals surface area contributed by atoms with Gasteiger partial charge in [0.1, 0.15) is 0 Å². The van der Waals surface area contributed by atoms with Gasteiger partial charge in [-0.15, -0.1) is 0 Å². The molecule has 4 unspecified atom stereocenters. The molecule has 0 radical (unpaired) electrons. The Morgan fingerprint density at radius 3 is 2.59 bits per heavy atom. The Labute approximate surface area is 105 Å². The van der Waals surface area contributed by atoms with Gasteiger partial charge in [0.15, 0.2) is 0 Å². The molecular weight excluding hydrogens is 210 g/mol. The summed E-state index contributed by atoms with van der Waals surface area (Å²) < 4.78 is 5.62. The van der Waals surface area contributed by atoms with Gasteiger partial charge in [-0.1, -0.05) is 6.42 Å². The largest absolute Gasteiger partial charge is 0.378 e. The summed E-state index contributed by atoms with van der Waals surface area (Å²) >= 11 is 0. The first kappa shape index (κ1) is 12.0. The first-order chi connectivity index (χ1) is 8.26. The van der Waals surface area contributed by atoms with Crippen molar-refractivity contribution in [1.82, 2.24) is 5.32 Å². The normalized spacial score (nSPS) is 45.9. The van der Waals surface area contributed by atoms with E-state index in [0.717, 1.165) is 36.4 Å². The van der Waals surface area contributed by atoms with Gasteiger partial charge in [-0.3, -0.25) is 0 Å². The summed E-state index contributed by atoms with van der Waals surface area (Å²) in [4.78, 5) is 0. The van der Waals surface area contributed by atoms with Crippen molar-refractivity contribution < 1.29 is 4.74 Å². The van der Waals surface area contributed by atoms with Gasteiger partial charge >= 0.3 is 0 Å². The number of hydrogen-bond donors (Lipinski definition) is 1. The molecular formula is C15H27NO. The molecule has 2 bridgehead atoms. The van der Waals surface area contributed by atoms with E-state index in [-0.39, 0.29) is 0 Å². The molecule has 0 aromatic rings. The summed E-state index contributed by atoms with van der Waals surface area (Å²) in [6.07, 6.45) is 9.07. The van der Waals surface area contributed by atoms with Crippen molar-refractivity contribution in [3.63, 3.8) is 0 Å². The molecule has 3 aliphatic rings. The topological polar surface area (TPSA) is 21.3 Å². The van der Waals surface area contributed by atoms with E-state index in [2.05, 4.69) is 19.2 Å². The van der Waals surface area contributed by atoms with Crippen molar-refractivity contribution in [3.05, 3.63) is 0 Å². The SMILES string of the molecule is CCOC1CC(NC(C)C2CC3CCC2C3)C1. The highest BCUT2D eigenvalue weighted by atomic mass is 16.5. The first-order valence-corrected chi connectivity index (χ1v) is 7.64. The van der Waals surface area contributed by atoms with Crippen LogP contribution in [0.5, 0.6) is 0 Å². The second-order valence-corrected chi connectivity index (χ2v) is 6.54. The minimum absolute atomic E-state index is 0.546. The van der Waals surface area contributed by atoms with Crippen molar-refractivity contribution in [2.45, 2.75) is 70.6 Å². The molecule has 3 fully saturated rings. The van der Waals surface area contributed by atoms with Crippen molar-refractivity contribution in [2.24, 2.45) is 17.8 Å².